The summed E-state index contributed by atoms with van der Waals surface area (Å²) < 4.78 is 9.97. The van der Waals surface area contributed by atoms with Gasteiger partial charge in [-0.05, 0) is 23.8 Å². The van der Waals surface area contributed by atoms with Gasteiger partial charge in [0, 0.05) is 34.0 Å². The fourth-order valence-corrected chi connectivity index (χ4v) is 1.40. The van der Waals surface area contributed by atoms with Crippen molar-refractivity contribution in [1.82, 2.24) is 4.90 Å². The minimum atomic E-state index is -0.523. The maximum Gasteiger partial charge on any atom is 0.308 e. The molecule has 0 N–H and O–H groups in total. The van der Waals surface area contributed by atoms with Gasteiger partial charge in [-0.25, -0.2) is 0 Å². The first-order valence-corrected chi connectivity index (χ1v) is 6.22. The van der Waals surface area contributed by atoms with Crippen molar-refractivity contribution in [3.8, 4) is 11.5 Å². The molecule has 0 saturated carbocycles. The van der Waals surface area contributed by atoms with Crippen molar-refractivity contribution in [1.29, 1.82) is 0 Å². The van der Waals surface area contributed by atoms with Gasteiger partial charge in [-0.15, -0.1) is 0 Å². The number of benzene rings is 1. The highest BCUT2D eigenvalue weighted by Gasteiger charge is 2.10. The van der Waals surface area contributed by atoms with E-state index in [4.69, 9.17) is 9.47 Å². The lowest BCUT2D eigenvalue weighted by Gasteiger charge is -2.10. The smallest absolute Gasteiger partial charge is 0.308 e. The van der Waals surface area contributed by atoms with Crippen LogP contribution in [0.5, 0.6) is 11.5 Å². The third kappa shape index (κ3) is 5.48. The van der Waals surface area contributed by atoms with Crippen molar-refractivity contribution < 1.29 is 23.9 Å². The molecular formula is C15H17NO5. The van der Waals surface area contributed by atoms with Crippen molar-refractivity contribution in [3.05, 3.63) is 30.0 Å². The molecule has 0 radical (unpaired) electrons. The zero-order chi connectivity index (χ0) is 16.0. The number of hydrogen-bond donors (Lipinski definition) is 0. The molecule has 0 spiro atoms. The Morgan fingerprint density at radius 3 is 2.10 bits per heavy atom. The maximum atomic E-state index is 11.1. The summed E-state index contributed by atoms with van der Waals surface area (Å²) in [6.45, 7) is 3.95. The molecule has 0 unspecified atom stereocenters. The van der Waals surface area contributed by atoms with Crippen LogP contribution < -0.4 is 9.47 Å². The summed E-state index contributed by atoms with van der Waals surface area (Å²) in [5.74, 6) is -0.837. The summed E-state index contributed by atoms with van der Waals surface area (Å²) in [6, 6.07) is 4.74. The standard InChI is InChI=1S/C15H17NO5/c1-10(17)16(4)8-7-13-5-6-14(20-11(2)18)15(9-13)21-12(3)19/h5-9H,1-4H3. The van der Waals surface area contributed by atoms with Crippen LogP contribution in [-0.2, 0) is 14.4 Å². The van der Waals surface area contributed by atoms with E-state index in [9.17, 15) is 14.4 Å². The van der Waals surface area contributed by atoms with Gasteiger partial charge < -0.3 is 14.4 Å². The summed E-state index contributed by atoms with van der Waals surface area (Å²) in [5.41, 5.74) is 0.690. The predicted molar refractivity (Wildman–Crippen MR) is 76.5 cm³/mol. The van der Waals surface area contributed by atoms with Crippen LogP contribution in [0.1, 0.15) is 26.3 Å². The van der Waals surface area contributed by atoms with Crippen LogP contribution in [0.25, 0.3) is 6.08 Å². The van der Waals surface area contributed by atoms with Gasteiger partial charge in [0.2, 0.25) is 5.91 Å². The van der Waals surface area contributed by atoms with Crippen molar-refractivity contribution in [2.45, 2.75) is 20.8 Å². The predicted octanol–water partition coefficient (Wildman–Crippen LogP) is 1.99. The lowest BCUT2D eigenvalue weighted by molar-refractivity contribution is -0.134. The average molecular weight is 291 g/mol. The molecule has 1 rings (SSSR count). The first kappa shape index (κ1) is 16.4. The van der Waals surface area contributed by atoms with E-state index in [1.807, 2.05) is 0 Å². The van der Waals surface area contributed by atoms with E-state index in [1.165, 1.54) is 31.7 Å². The molecular weight excluding hydrogens is 274 g/mol. The second-order valence-electron chi connectivity index (χ2n) is 4.34. The number of ether oxygens (including phenoxy) is 2. The van der Waals surface area contributed by atoms with Crippen molar-refractivity contribution >= 4 is 23.9 Å². The Hall–Kier alpha value is -2.63. The molecule has 0 atom stereocenters. The van der Waals surface area contributed by atoms with Crippen LogP contribution in [0.2, 0.25) is 0 Å². The highest BCUT2D eigenvalue weighted by atomic mass is 16.6. The Kier molecular flexibility index (Phi) is 5.66. The fourth-order valence-electron chi connectivity index (χ4n) is 1.40. The normalized spacial score (nSPS) is 10.3. The monoisotopic (exact) mass is 291 g/mol. The van der Waals surface area contributed by atoms with Gasteiger partial charge in [0.05, 0.1) is 0 Å². The minimum Gasteiger partial charge on any atom is -0.423 e. The number of amides is 1. The summed E-state index contributed by atoms with van der Waals surface area (Å²) in [6.07, 6.45) is 3.26. The average Bonchev–Trinajstić information content (AvgIpc) is 2.37. The van der Waals surface area contributed by atoms with Crippen LogP contribution in [0, 0.1) is 0 Å². The van der Waals surface area contributed by atoms with Crippen LogP contribution in [0.15, 0.2) is 24.4 Å². The Bertz CT molecular complexity index is 592. The van der Waals surface area contributed by atoms with Crippen molar-refractivity contribution in [3.63, 3.8) is 0 Å². The molecule has 0 aliphatic carbocycles. The summed E-state index contributed by atoms with van der Waals surface area (Å²) in [4.78, 5) is 34.6. The second-order valence-corrected chi connectivity index (χ2v) is 4.34. The molecule has 6 nitrogen and oxygen atoms in total. The minimum absolute atomic E-state index is 0.108. The number of hydrogen-bond acceptors (Lipinski definition) is 5. The number of carbonyl (C=O) groups is 3. The number of esters is 2. The van der Waals surface area contributed by atoms with Crippen LogP contribution in [0.4, 0.5) is 0 Å². The molecule has 0 saturated heterocycles. The van der Waals surface area contributed by atoms with Crippen LogP contribution >= 0.6 is 0 Å². The number of carbonyl (C=O) groups excluding carboxylic acids is 3. The topological polar surface area (TPSA) is 72.9 Å². The van der Waals surface area contributed by atoms with E-state index < -0.39 is 11.9 Å². The zero-order valence-electron chi connectivity index (χ0n) is 12.4. The first-order valence-electron chi connectivity index (χ1n) is 6.22. The Balaban J connectivity index is 3.05. The quantitative estimate of drug-likeness (QED) is 0.626. The number of nitrogens with zero attached hydrogens (tertiary/aromatic N) is 1. The second kappa shape index (κ2) is 7.23. The Morgan fingerprint density at radius 2 is 1.57 bits per heavy atom. The molecule has 1 aromatic carbocycles. The summed E-state index contributed by atoms with van der Waals surface area (Å²) in [5, 5.41) is 0. The molecule has 0 aliphatic rings. The van der Waals surface area contributed by atoms with E-state index in [0.717, 1.165) is 0 Å². The lowest BCUT2D eigenvalue weighted by Crippen LogP contribution is -2.16. The van der Waals surface area contributed by atoms with Gasteiger partial charge in [-0.1, -0.05) is 6.07 Å². The van der Waals surface area contributed by atoms with Crippen LogP contribution in [0.3, 0.4) is 0 Å². The molecule has 0 aliphatic heterocycles. The largest absolute Gasteiger partial charge is 0.423 e. The zero-order valence-corrected chi connectivity index (χ0v) is 12.4. The summed E-state index contributed by atoms with van der Waals surface area (Å²) >= 11 is 0. The molecule has 0 aromatic heterocycles. The van der Waals surface area contributed by atoms with Gasteiger partial charge in [0.15, 0.2) is 11.5 Å². The molecule has 1 amide bonds. The van der Waals surface area contributed by atoms with Gasteiger partial charge in [-0.2, -0.15) is 0 Å². The SMILES string of the molecule is CC(=O)Oc1ccc(C=CN(C)C(C)=O)cc1OC(C)=O. The molecule has 0 fully saturated rings. The molecule has 0 bridgehead atoms. The Morgan fingerprint density at radius 1 is 1.00 bits per heavy atom. The van der Waals surface area contributed by atoms with Gasteiger partial charge >= 0.3 is 11.9 Å². The third-order valence-electron chi connectivity index (χ3n) is 2.46. The number of rotatable bonds is 4. The van der Waals surface area contributed by atoms with E-state index in [2.05, 4.69) is 0 Å². The van der Waals surface area contributed by atoms with Crippen LogP contribution in [-0.4, -0.2) is 29.8 Å². The highest BCUT2D eigenvalue weighted by molar-refractivity contribution is 5.76. The lowest BCUT2D eigenvalue weighted by atomic mass is 10.2. The molecule has 0 heterocycles. The van der Waals surface area contributed by atoms with Gasteiger partial charge in [-0.3, -0.25) is 14.4 Å². The molecule has 112 valence electrons. The molecule has 6 heteroatoms. The van der Waals surface area contributed by atoms with Crippen molar-refractivity contribution in [2.75, 3.05) is 7.05 Å². The summed E-state index contributed by atoms with van der Waals surface area (Å²) in [7, 11) is 1.62. The van der Waals surface area contributed by atoms with E-state index in [0.29, 0.717) is 5.56 Å². The molecule has 1 aromatic rings. The van der Waals surface area contributed by atoms with E-state index >= 15 is 0 Å². The van der Waals surface area contributed by atoms with Crippen molar-refractivity contribution in [2.24, 2.45) is 0 Å². The van der Waals surface area contributed by atoms with Gasteiger partial charge in [0.25, 0.3) is 0 Å². The maximum absolute atomic E-state index is 11.1. The molecule has 21 heavy (non-hydrogen) atoms. The van der Waals surface area contributed by atoms with E-state index in [1.54, 1.807) is 31.5 Å². The van der Waals surface area contributed by atoms with E-state index in [-0.39, 0.29) is 17.4 Å². The van der Waals surface area contributed by atoms with Gasteiger partial charge in [0.1, 0.15) is 0 Å². The fraction of sp³-hybridized carbons (Fsp3) is 0.267. The Labute approximate surface area is 122 Å². The highest BCUT2D eigenvalue weighted by Crippen LogP contribution is 2.29. The third-order valence-corrected chi connectivity index (χ3v) is 2.46. The first-order chi connectivity index (χ1) is 9.79.